The van der Waals surface area contributed by atoms with Crippen molar-refractivity contribution in [3.05, 3.63) is 58.2 Å². The van der Waals surface area contributed by atoms with Crippen LogP contribution in [-0.4, -0.2) is 29.0 Å². The molecule has 1 heterocycles. The zero-order valence-corrected chi connectivity index (χ0v) is 15.1. The number of fused-ring (bicyclic) bond motifs is 1. The number of anilines is 1. The number of ether oxygens (including phenoxy) is 1. The van der Waals surface area contributed by atoms with Crippen molar-refractivity contribution < 1.29 is 14.3 Å². The quantitative estimate of drug-likeness (QED) is 0.696. The molecular weight excluding hydrogens is 379 g/mol. The Bertz CT molecular complexity index is 987. The van der Waals surface area contributed by atoms with Crippen molar-refractivity contribution in [3.63, 3.8) is 0 Å². The summed E-state index contributed by atoms with van der Waals surface area (Å²) >= 11 is 11.8. The van der Waals surface area contributed by atoms with Gasteiger partial charge in [0.2, 0.25) is 0 Å². The Balaban J connectivity index is 1.72. The van der Waals surface area contributed by atoms with E-state index in [1.165, 1.54) is 13.3 Å². The van der Waals surface area contributed by atoms with Crippen LogP contribution in [0, 0.1) is 0 Å². The number of hydrogen-bond acceptors (Lipinski definition) is 4. The van der Waals surface area contributed by atoms with E-state index < -0.39 is 12.1 Å². The molecule has 0 radical (unpaired) electrons. The highest BCUT2D eigenvalue weighted by Gasteiger charge is 2.14. The minimum atomic E-state index is -0.610. The Morgan fingerprint density at radius 1 is 1.19 bits per heavy atom. The second-order valence-corrected chi connectivity index (χ2v) is 6.14. The average Bonchev–Trinajstić information content (AvgIpc) is 3.07. The summed E-state index contributed by atoms with van der Waals surface area (Å²) in [6, 6.07) is 9.84. The first kappa shape index (κ1) is 18.0. The number of benzene rings is 2. The van der Waals surface area contributed by atoms with E-state index in [0.29, 0.717) is 26.6 Å². The molecule has 0 aliphatic rings. The van der Waals surface area contributed by atoms with Crippen LogP contribution >= 0.6 is 23.2 Å². The number of hydrogen-bond donors (Lipinski definition) is 2. The van der Waals surface area contributed by atoms with Gasteiger partial charge in [-0.15, -0.1) is 0 Å². The van der Waals surface area contributed by atoms with E-state index in [1.54, 1.807) is 36.4 Å². The SMILES string of the molecule is COC(=O)n1ncc2c(NC(=O)NCc3ccc(Cl)c(Cl)c3)cccc21. The van der Waals surface area contributed by atoms with E-state index in [9.17, 15) is 9.59 Å². The molecule has 0 unspecified atom stereocenters. The molecule has 0 bridgehead atoms. The molecule has 9 heteroatoms. The van der Waals surface area contributed by atoms with Crippen LogP contribution in [0.5, 0.6) is 0 Å². The molecule has 3 rings (SSSR count). The lowest BCUT2D eigenvalue weighted by Gasteiger charge is -2.09. The van der Waals surface area contributed by atoms with E-state index in [2.05, 4.69) is 20.5 Å². The van der Waals surface area contributed by atoms with Crippen LogP contribution in [0.15, 0.2) is 42.6 Å². The number of carbonyl (C=O) groups is 2. The highest BCUT2D eigenvalue weighted by molar-refractivity contribution is 6.42. The molecule has 0 saturated heterocycles. The molecule has 26 heavy (non-hydrogen) atoms. The lowest BCUT2D eigenvalue weighted by atomic mass is 10.2. The fraction of sp³-hybridized carbons (Fsp3) is 0.118. The second-order valence-electron chi connectivity index (χ2n) is 5.32. The number of amides is 2. The van der Waals surface area contributed by atoms with Crippen molar-refractivity contribution in [2.45, 2.75) is 6.54 Å². The van der Waals surface area contributed by atoms with Gasteiger partial charge in [-0.05, 0) is 29.8 Å². The van der Waals surface area contributed by atoms with Gasteiger partial charge in [0.1, 0.15) is 0 Å². The minimum Gasteiger partial charge on any atom is -0.451 e. The second kappa shape index (κ2) is 7.63. The number of halogens is 2. The van der Waals surface area contributed by atoms with Gasteiger partial charge in [-0.3, -0.25) is 0 Å². The van der Waals surface area contributed by atoms with Crippen molar-refractivity contribution in [3.8, 4) is 0 Å². The van der Waals surface area contributed by atoms with Crippen molar-refractivity contribution >= 4 is 51.9 Å². The van der Waals surface area contributed by atoms with Gasteiger partial charge in [0.05, 0.1) is 34.6 Å². The number of nitrogens with one attached hydrogen (secondary N) is 2. The zero-order valence-electron chi connectivity index (χ0n) is 13.6. The van der Waals surface area contributed by atoms with Crippen LogP contribution in [0.2, 0.25) is 10.0 Å². The first-order valence-corrected chi connectivity index (χ1v) is 8.29. The molecule has 2 amide bonds. The molecule has 2 aromatic carbocycles. The summed E-state index contributed by atoms with van der Waals surface area (Å²) in [5.74, 6) is 0. The summed E-state index contributed by atoms with van der Waals surface area (Å²) in [4.78, 5) is 23.9. The van der Waals surface area contributed by atoms with Crippen LogP contribution in [-0.2, 0) is 11.3 Å². The summed E-state index contributed by atoms with van der Waals surface area (Å²) in [5.41, 5.74) is 1.86. The molecular formula is C17H14Cl2N4O3. The largest absolute Gasteiger partial charge is 0.451 e. The maximum absolute atomic E-state index is 12.2. The number of rotatable bonds is 3. The van der Waals surface area contributed by atoms with Crippen molar-refractivity contribution in [1.82, 2.24) is 15.1 Å². The average molecular weight is 393 g/mol. The lowest BCUT2D eigenvalue weighted by molar-refractivity contribution is 0.170. The minimum absolute atomic E-state index is 0.278. The Morgan fingerprint density at radius 2 is 2.00 bits per heavy atom. The number of urea groups is 1. The van der Waals surface area contributed by atoms with Crippen LogP contribution < -0.4 is 10.6 Å². The third-order valence-corrected chi connectivity index (χ3v) is 4.39. The van der Waals surface area contributed by atoms with Crippen LogP contribution in [0.3, 0.4) is 0 Å². The predicted molar refractivity (Wildman–Crippen MR) is 99.9 cm³/mol. The molecule has 7 nitrogen and oxygen atoms in total. The molecule has 0 fully saturated rings. The van der Waals surface area contributed by atoms with Gasteiger partial charge in [0, 0.05) is 11.9 Å². The van der Waals surface area contributed by atoms with Crippen molar-refractivity contribution in [2.24, 2.45) is 0 Å². The zero-order chi connectivity index (χ0) is 18.7. The molecule has 134 valence electrons. The molecule has 0 aliphatic heterocycles. The Labute approximate surface area is 158 Å². The topological polar surface area (TPSA) is 85.2 Å². The van der Waals surface area contributed by atoms with Gasteiger partial charge in [-0.25, -0.2) is 9.59 Å². The number of aromatic nitrogens is 2. The molecule has 0 saturated carbocycles. The van der Waals surface area contributed by atoms with E-state index in [0.717, 1.165) is 10.2 Å². The molecule has 1 aromatic heterocycles. The maximum atomic E-state index is 12.2. The fourth-order valence-corrected chi connectivity index (χ4v) is 2.71. The molecule has 3 aromatic rings. The summed E-state index contributed by atoms with van der Waals surface area (Å²) < 4.78 is 5.79. The third kappa shape index (κ3) is 3.74. The van der Waals surface area contributed by atoms with E-state index in [1.807, 2.05) is 0 Å². The van der Waals surface area contributed by atoms with Gasteiger partial charge in [-0.2, -0.15) is 9.78 Å². The van der Waals surface area contributed by atoms with Crippen LogP contribution in [0.1, 0.15) is 5.56 Å². The maximum Gasteiger partial charge on any atom is 0.434 e. The number of nitrogens with zero attached hydrogens (tertiary/aromatic N) is 2. The van der Waals surface area contributed by atoms with Gasteiger partial charge < -0.3 is 15.4 Å². The Kier molecular flexibility index (Phi) is 5.29. The van der Waals surface area contributed by atoms with Crippen LogP contribution in [0.25, 0.3) is 10.9 Å². The number of methoxy groups -OCH3 is 1. The Morgan fingerprint density at radius 3 is 2.73 bits per heavy atom. The standard InChI is InChI=1S/C17H14Cl2N4O3/c1-26-17(25)23-15-4-2-3-14(11(15)9-21-23)22-16(24)20-8-10-5-6-12(18)13(19)7-10/h2-7,9H,8H2,1H3,(H2,20,22,24). The van der Waals surface area contributed by atoms with Crippen LogP contribution in [0.4, 0.5) is 15.3 Å². The van der Waals surface area contributed by atoms with Crippen molar-refractivity contribution in [2.75, 3.05) is 12.4 Å². The summed E-state index contributed by atoms with van der Waals surface area (Å²) in [5, 5.41) is 10.9. The molecule has 0 aliphatic carbocycles. The van der Waals surface area contributed by atoms with E-state index in [4.69, 9.17) is 23.2 Å². The first-order valence-electron chi connectivity index (χ1n) is 7.53. The monoisotopic (exact) mass is 392 g/mol. The van der Waals surface area contributed by atoms with Gasteiger partial charge in [-0.1, -0.05) is 35.3 Å². The number of carbonyl (C=O) groups excluding carboxylic acids is 2. The van der Waals surface area contributed by atoms with Gasteiger partial charge in [0.25, 0.3) is 0 Å². The van der Waals surface area contributed by atoms with Gasteiger partial charge in [0.15, 0.2) is 0 Å². The Hall–Kier alpha value is -2.77. The fourth-order valence-electron chi connectivity index (χ4n) is 2.39. The summed E-state index contributed by atoms with van der Waals surface area (Å²) in [6.07, 6.45) is 0.877. The summed E-state index contributed by atoms with van der Waals surface area (Å²) in [6.45, 7) is 0.278. The summed E-state index contributed by atoms with van der Waals surface area (Å²) in [7, 11) is 1.27. The highest BCUT2D eigenvalue weighted by atomic mass is 35.5. The first-order chi connectivity index (χ1) is 12.5. The lowest BCUT2D eigenvalue weighted by Crippen LogP contribution is -2.28. The molecule has 0 atom stereocenters. The third-order valence-electron chi connectivity index (χ3n) is 3.65. The predicted octanol–water partition coefficient (Wildman–Crippen LogP) is 4.28. The molecule has 0 spiro atoms. The van der Waals surface area contributed by atoms with Crippen molar-refractivity contribution in [1.29, 1.82) is 0 Å². The van der Waals surface area contributed by atoms with E-state index >= 15 is 0 Å². The van der Waals surface area contributed by atoms with Gasteiger partial charge >= 0.3 is 12.1 Å². The molecule has 2 N–H and O–H groups in total. The normalized spacial score (nSPS) is 10.6. The van der Waals surface area contributed by atoms with E-state index in [-0.39, 0.29) is 6.54 Å². The smallest absolute Gasteiger partial charge is 0.434 e. The highest BCUT2D eigenvalue weighted by Crippen LogP contribution is 2.24.